The Morgan fingerprint density at radius 2 is 2.18 bits per heavy atom. The fourth-order valence-electron chi connectivity index (χ4n) is 3.27. The average Bonchev–Trinajstić information content (AvgIpc) is 2.76. The number of rotatable bonds is 3. The van der Waals surface area contributed by atoms with Crippen LogP contribution in [0.3, 0.4) is 0 Å². The minimum Gasteiger partial charge on any atom is -0.334 e. The summed E-state index contributed by atoms with van der Waals surface area (Å²) in [4.78, 5) is 4.38. The van der Waals surface area contributed by atoms with Gasteiger partial charge in [0.2, 0.25) is 0 Å². The van der Waals surface area contributed by atoms with Gasteiger partial charge in [0.1, 0.15) is 0 Å². The highest BCUT2D eigenvalue weighted by molar-refractivity contribution is 5.08. The van der Waals surface area contributed by atoms with E-state index in [1.165, 1.54) is 44.3 Å². The highest BCUT2D eigenvalue weighted by Crippen LogP contribution is 2.42. The maximum Gasteiger partial charge on any atom is 0.0948 e. The molecule has 17 heavy (non-hydrogen) atoms. The van der Waals surface area contributed by atoms with Crippen LogP contribution in [0.15, 0.2) is 12.5 Å². The predicted molar refractivity (Wildman–Crippen MR) is 69.0 cm³/mol. The first-order chi connectivity index (χ1) is 8.27. The van der Waals surface area contributed by atoms with E-state index in [2.05, 4.69) is 28.0 Å². The summed E-state index contributed by atoms with van der Waals surface area (Å²) in [5.74, 6) is 0.724. The lowest BCUT2D eigenvalue weighted by molar-refractivity contribution is 0.130. The molecular formula is C14H23N3. The van der Waals surface area contributed by atoms with Crippen LogP contribution in [0.5, 0.6) is 0 Å². The lowest BCUT2D eigenvalue weighted by atomic mass is 9.70. The van der Waals surface area contributed by atoms with Crippen molar-refractivity contribution in [3.05, 3.63) is 18.2 Å². The van der Waals surface area contributed by atoms with E-state index < -0.39 is 0 Å². The second-order valence-electron chi connectivity index (χ2n) is 6.13. The van der Waals surface area contributed by atoms with Crippen molar-refractivity contribution in [1.29, 1.82) is 0 Å². The molecule has 94 valence electrons. The molecule has 1 aromatic heterocycles. The van der Waals surface area contributed by atoms with Crippen LogP contribution in [0.1, 0.15) is 50.6 Å². The SMILES string of the molecule is CC1(Cn2cncc2C2CCNCC2)CCC1. The Morgan fingerprint density at radius 1 is 1.41 bits per heavy atom. The molecule has 1 aliphatic heterocycles. The molecule has 3 rings (SSSR count). The van der Waals surface area contributed by atoms with Gasteiger partial charge in [-0.2, -0.15) is 0 Å². The van der Waals surface area contributed by atoms with Crippen LogP contribution < -0.4 is 5.32 Å². The molecule has 0 bridgehead atoms. The van der Waals surface area contributed by atoms with Crippen molar-refractivity contribution >= 4 is 0 Å². The summed E-state index contributed by atoms with van der Waals surface area (Å²) in [5.41, 5.74) is 2.02. The fourth-order valence-corrected chi connectivity index (χ4v) is 3.27. The molecule has 0 amide bonds. The van der Waals surface area contributed by atoms with Crippen LogP contribution in [-0.2, 0) is 6.54 Å². The Kier molecular flexibility index (Phi) is 2.95. The molecule has 0 spiro atoms. The van der Waals surface area contributed by atoms with Gasteiger partial charge < -0.3 is 9.88 Å². The van der Waals surface area contributed by atoms with E-state index in [1.807, 2.05) is 6.33 Å². The maximum absolute atomic E-state index is 4.38. The monoisotopic (exact) mass is 233 g/mol. The highest BCUT2D eigenvalue weighted by Gasteiger charge is 2.33. The molecule has 1 saturated carbocycles. The molecule has 3 heteroatoms. The van der Waals surface area contributed by atoms with E-state index in [-0.39, 0.29) is 0 Å². The summed E-state index contributed by atoms with van der Waals surface area (Å²) in [6.07, 6.45) is 10.9. The van der Waals surface area contributed by atoms with Gasteiger partial charge in [-0.25, -0.2) is 4.98 Å². The molecule has 2 fully saturated rings. The Balaban J connectivity index is 1.73. The summed E-state index contributed by atoms with van der Waals surface area (Å²) in [6.45, 7) is 5.91. The number of nitrogens with one attached hydrogen (secondary N) is 1. The summed E-state index contributed by atoms with van der Waals surface area (Å²) < 4.78 is 2.43. The molecule has 0 unspecified atom stereocenters. The number of hydrogen-bond acceptors (Lipinski definition) is 2. The number of piperidine rings is 1. The number of hydrogen-bond donors (Lipinski definition) is 1. The molecule has 1 aliphatic carbocycles. The van der Waals surface area contributed by atoms with Crippen molar-refractivity contribution in [3.63, 3.8) is 0 Å². The van der Waals surface area contributed by atoms with Crippen LogP contribution in [0.25, 0.3) is 0 Å². The molecule has 2 heterocycles. The smallest absolute Gasteiger partial charge is 0.0948 e. The fraction of sp³-hybridized carbons (Fsp3) is 0.786. The number of imidazole rings is 1. The van der Waals surface area contributed by atoms with Crippen molar-refractivity contribution in [2.45, 2.75) is 51.5 Å². The normalized spacial score (nSPS) is 24.5. The van der Waals surface area contributed by atoms with Crippen molar-refractivity contribution in [1.82, 2.24) is 14.9 Å². The Morgan fingerprint density at radius 3 is 2.82 bits per heavy atom. The number of aromatic nitrogens is 2. The quantitative estimate of drug-likeness (QED) is 0.869. The molecule has 1 saturated heterocycles. The Bertz CT molecular complexity index is 373. The van der Waals surface area contributed by atoms with Gasteiger partial charge in [-0.1, -0.05) is 13.3 Å². The summed E-state index contributed by atoms with van der Waals surface area (Å²) in [5, 5.41) is 3.44. The van der Waals surface area contributed by atoms with E-state index in [0.29, 0.717) is 5.41 Å². The minimum atomic E-state index is 0.544. The zero-order valence-electron chi connectivity index (χ0n) is 10.8. The first-order valence-corrected chi connectivity index (χ1v) is 6.98. The van der Waals surface area contributed by atoms with Crippen LogP contribution in [0.2, 0.25) is 0 Å². The topological polar surface area (TPSA) is 29.9 Å². The van der Waals surface area contributed by atoms with Crippen molar-refractivity contribution in [2.24, 2.45) is 5.41 Å². The van der Waals surface area contributed by atoms with Crippen molar-refractivity contribution in [2.75, 3.05) is 13.1 Å². The molecule has 1 aromatic rings. The van der Waals surface area contributed by atoms with Crippen LogP contribution >= 0.6 is 0 Å². The molecule has 0 aromatic carbocycles. The summed E-state index contributed by atoms with van der Waals surface area (Å²) in [6, 6.07) is 0. The van der Waals surface area contributed by atoms with Gasteiger partial charge in [0.05, 0.1) is 6.33 Å². The third-order valence-electron chi connectivity index (χ3n) is 4.61. The second kappa shape index (κ2) is 4.45. The van der Waals surface area contributed by atoms with Gasteiger partial charge in [-0.3, -0.25) is 0 Å². The largest absolute Gasteiger partial charge is 0.334 e. The van der Waals surface area contributed by atoms with Gasteiger partial charge in [-0.15, -0.1) is 0 Å². The van der Waals surface area contributed by atoms with E-state index >= 15 is 0 Å². The summed E-state index contributed by atoms with van der Waals surface area (Å²) >= 11 is 0. The highest BCUT2D eigenvalue weighted by atomic mass is 15.1. The standard InChI is InChI=1S/C14H23N3/c1-14(5-2-6-14)10-17-11-16-9-13(17)12-3-7-15-8-4-12/h9,11-12,15H,2-8,10H2,1H3. The van der Waals surface area contributed by atoms with E-state index in [9.17, 15) is 0 Å². The van der Waals surface area contributed by atoms with Crippen LogP contribution in [0, 0.1) is 5.41 Å². The first-order valence-electron chi connectivity index (χ1n) is 6.98. The first kappa shape index (κ1) is 11.3. The van der Waals surface area contributed by atoms with Gasteiger partial charge in [-0.05, 0) is 44.2 Å². The predicted octanol–water partition coefficient (Wildman–Crippen LogP) is 2.54. The van der Waals surface area contributed by atoms with Gasteiger partial charge >= 0.3 is 0 Å². The minimum absolute atomic E-state index is 0.544. The van der Waals surface area contributed by atoms with Gasteiger partial charge in [0.15, 0.2) is 0 Å². The van der Waals surface area contributed by atoms with Crippen LogP contribution in [-0.4, -0.2) is 22.6 Å². The lowest BCUT2D eigenvalue weighted by Gasteiger charge is -2.39. The van der Waals surface area contributed by atoms with Gasteiger partial charge in [0, 0.05) is 24.4 Å². The van der Waals surface area contributed by atoms with Gasteiger partial charge in [0.25, 0.3) is 0 Å². The Labute approximate surface area is 104 Å². The van der Waals surface area contributed by atoms with Crippen molar-refractivity contribution < 1.29 is 0 Å². The average molecular weight is 233 g/mol. The molecular weight excluding hydrogens is 210 g/mol. The van der Waals surface area contributed by atoms with Crippen LogP contribution in [0.4, 0.5) is 0 Å². The third-order valence-corrected chi connectivity index (χ3v) is 4.61. The van der Waals surface area contributed by atoms with E-state index in [1.54, 1.807) is 0 Å². The van der Waals surface area contributed by atoms with E-state index in [4.69, 9.17) is 0 Å². The van der Waals surface area contributed by atoms with Crippen molar-refractivity contribution in [3.8, 4) is 0 Å². The molecule has 1 N–H and O–H groups in total. The Hall–Kier alpha value is -0.830. The molecule has 2 aliphatic rings. The molecule has 3 nitrogen and oxygen atoms in total. The zero-order valence-corrected chi connectivity index (χ0v) is 10.8. The lowest BCUT2D eigenvalue weighted by Crippen LogP contribution is -2.32. The second-order valence-corrected chi connectivity index (χ2v) is 6.13. The third kappa shape index (κ3) is 2.25. The summed E-state index contributed by atoms with van der Waals surface area (Å²) in [7, 11) is 0. The van der Waals surface area contributed by atoms with E-state index in [0.717, 1.165) is 19.0 Å². The number of nitrogens with zero attached hydrogens (tertiary/aromatic N) is 2. The zero-order chi connectivity index (χ0) is 11.7. The molecule has 0 radical (unpaired) electrons. The molecule has 0 atom stereocenters. The maximum atomic E-state index is 4.38.